The van der Waals surface area contributed by atoms with Crippen molar-refractivity contribution < 1.29 is 19.1 Å². The van der Waals surface area contributed by atoms with E-state index < -0.39 is 0 Å². The summed E-state index contributed by atoms with van der Waals surface area (Å²) in [5.74, 6) is 0.449. The van der Waals surface area contributed by atoms with E-state index >= 15 is 0 Å². The second-order valence-electron chi connectivity index (χ2n) is 4.88. The van der Waals surface area contributed by atoms with Gasteiger partial charge in [0.05, 0.1) is 25.3 Å². The first-order chi connectivity index (χ1) is 10.1. The molecule has 0 heterocycles. The summed E-state index contributed by atoms with van der Waals surface area (Å²) in [6.45, 7) is 1.85. The minimum atomic E-state index is -0.213. The molecule has 0 spiro atoms. The van der Waals surface area contributed by atoms with Crippen molar-refractivity contribution in [2.75, 3.05) is 14.2 Å². The fourth-order valence-electron chi connectivity index (χ4n) is 2.76. The Hall–Kier alpha value is -2.62. The van der Waals surface area contributed by atoms with Gasteiger partial charge in [-0.2, -0.15) is 0 Å². The third kappa shape index (κ3) is 1.76. The second kappa shape index (κ2) is 4.74. The van der Waals surface area contributed by atoms with Crippen LogP contribution in [-0.2, 0) is 0 Å². The Labute approximate surface area is 122 Å². The number of rotatable bonds is 2. The Morgan fingerprint density at radius 2 is 1.48 bits per heavy atom. The third-order valence-electron chi connectivity index (χ3n) is 3.75. The fraction of sp³-hybridized carbons (Fsp3) is 0.176. The summed E-state index contributed by atoms with van der Waals surface area (Å²) in [6, 6.07) is 8.48. The van der Waals surface area contributed by atoms with Crippen LogP contribution in [0.1, 0.15) is 37.4 Å². The van der Waals surface area contributed by atoms with Crippen molar-refractivity contribution in [3.05, 3.63) is 58.1 Å². The predicted molar refractivity (Wildman–Crippen MR) is 77.6 cm³/mol. The average molecular weight is 282 g/mol. The number of hydrogen-bond acceptors (Lipinski definition) is 4. The molecule has 0 amide bonds. The lowest BCUT2D eigenvalue weighted by Gasteiger charge is -2.22. The normalized spacial score (nSPS) is 12.7. The summed E-state index contributed by atoms with van der Waals surface area (Å²) < 4.78 is 10.6. The van der Waals surface area contributed by atoms with E-state index in [2.05, 4.69) is 0 Å². The maximum Gasteiger partial charge on any atom is 0.198 e. The molecule has 0 unspecified atom stereocenters. The van der Waals surface area contributed by atoms with Crippen LogP contribution in [0.5, 0.6) is 11.5 Å². The molecule has 0 radical (unpaired) electrons. The Morgan fingerprint density at radius 1 is 0.810 bits per heavy atom. The highest BCUT2D eigenvalue weighted by Gasteiger charge is 2.34. The highest BCUT2D eigenvalue weighted by atomic mass is 16.5. The number of benzene rings is 2. The summed E-state index contributed by atoms with van der Waals surface area (Å²) in [7, 11) is 2.99. The van der Waals surface area contributed by atoms with Crippen LogP contribution in [0.15, 0.2) is 30.3 Å². The molecular formula is C17H14O4. The Bertz CT molecular complexity index is 775. The molecular weight excluding hydrogens is 268 g/mol. The van der Waals surface area contributed by atoms with Gasteiger partial charge in [0.2, 0.25) is 0 Å². The molecule has 21 heavy (non-hydrogen) atoms. The molecule has 106 valence electrons. The molecule has 0 N–H and O–H groups in total. The third-order valence-corrected chi connectivity index (χ3v) is 3.75. The highest BCUT2D eigenvalue weighted by Crippen LogP contribution is 2.38. The van der Waals surface area contributed by atoms with Crippen LogP contribution in [0.25, 0.3) is 0 Å². The number of methoxy groups -OCH3 is 2. The van der Waals surface area contributed by atoms with Gasteiger partial charge in [0, 0.05) is 11.1 Å². The van der Waals surface area contributed by atoms with Gasteiger partial charge >= 0.3 is 0 Å². The minimum Gasteiger partial charge on any atom is -0.496 e. The van der Waals surface area contributed by atoms with Gasteiger partial charge in [-0.3, -0.25) is 9.59 Å². The van der Waals surface area contributed by atoms with Crippen molar-refractivity contribution in [2.24, 2.45) is 0 Å². The first kappa shape index (κ1) is 13.4. The van der Waals surface area contributed by atoms with Crippen LogP contribution in [0, 0.1) is 6.92 Å². The zero-order valence-corrected chi connectivity index (χ0v) is 12.0. The summed E-state index contributed by atoms with van der Waals surface area (Å²) in [4.78, 5) is 25.5. The molecule has 0 atom stereocenters. The number of carbonyl (C=O) groups excluding carboxylic acids is 2. The Kier molecular flexibility index (Phi) is 3.01. The molecule has 2 aromatic rings. The fourth-order valence-corrected chi connectivity index (χ4v) is 2.76. The molecule has 4 nitrogen and oxygen atoms in total. The number of ketones is 2. The summed E-state index contributed by atoms with van der Waals surface area (Å²) in [6.07, 6.45) is 0. The Balaban J connectivity index is 2.36. The second-order valence-corrected chi connectivity index (χ2v) is 4.88. The summed E-state index contributed by atoms with van der Waals surface area (Å²) in [5.41, 5.74) is 2.20. The van der Waals surface area contributed by atoms with Crippen molar-refractivity contribution in [1.29, 1.82) is 0 Å². The lowest BCUT2D eigenvalue weighted by Crippen LogP contribution is -2.22. The van der Waals surface area contributed by atoms with E-state index in [1.807, 2.05) is 6.92 Å². The molecule has 1 aliphatic rings. The summed E-state index contributed by atoms with van der Waals surface area (Å²) in [5, 5.41) is 0. The number of carbonyl (C=O) groups is 2. The standard InChI is InChI=1S/C17H14O4/c1-9-7-8-11-14(17(9)21-3)16(19)10-5-4-6-12(20-2)13(10)15(11)18/h4-8H,1-3H3. The van der Waals surface area contributed by atoms with Crippen LogP contribution in [0.4, 0.5) is 0 Å². The maximum atomic E-state index is 12.8. The van der Waals surface area contributed by atoms with Gasteiger partial charge in [-0.15, -0.1) is 0 Å². The van der Waals surface area contributed by atoms with Gasteiger partial charge in [0.25, 0.3) is 0 Å². The van der Waals surface area contributed by atoms with Crippen LogP contribution in [-0.4, -0.2) is 25.8 Å². The highest BCUT2D eigenvalue weighted by molar-refractivity contribution is 6.30. The van der Waals surface area contributed by atoms with Crippen LogP contribution in [0.3, 0.4) is 0 Å². The molecule has 3 rings (SSSR count). The van der Waals surface area contributed by atoms with Gasteiger partial charge in [-0.1, -0.05) is 18.2 Å². The van der Waals surface area contributed by atoms with Crippen molar-refractivity contribution in [3.63, 3.8) is 0 Å². The van der Waals surface area contributed by atoms with E-state index in [1.165, 1.54) is 14.2 Å². The van der Waals surface area contributed by atoms with Gasteiger partial charge in [0.15, 0.2) is 11.6 Å². The van der Waals surface area contributed by atoms with E-state index in [1.54, 1.807) is 30.3 Å². The SMILES string of the molecule is COc1cccc2c1C(=O)c1ccc(C)c(OC)c1C2=O. The molecule has 0 fully saturated rings. The first-order valence-corrected chi connectivity index (χ1v) is 6.54. The smallest absolute Gasteiger partial charge is 0.198 e. The molecule has 0 aromatic heterocycles. The van der Waals surface area contributed by atoms with Crippen molar-refractivity contribution >= 4 is 11.6 Å². The maximum absolute atomic E-state index is 12.8. The van der Waals surface area contributed by atoms with E-state index in [-0.39, 0.29) is 11.6 Å². The molecule has 0 saturated carbocycles. The van der Waals surface area contributed by atoms with Crippen molar-refractivity contribution in [2.45, 2.75) is 6.92 Å². The molecule has 1 aliphatic carbocycles. The summed E-state index contributed by atoms with van der Waals surface area (Å²) >= 11 is 0. The zero-order valence-electron chi connectivity index (χ0n) is 12.0. The van der Waals surface area contributed by atoms with Gasteiger partial charge in [-0.25, -0.2) is 0 Å². The largest absolute Gasteiger partial charge is 0.496 e. The number of ether oxygens (including phenoxy) is 2. The van der Waals surface area contributed by atoms with E-state index in [4.69, 9.17) is 9.47 Å². The van der Waals surface area contributed by atoms with Gasteiger partial charge in [0.1, 0.15) is 11.5 Å². The molecule has 4 heteroatoms. The lowest BCUT2D eigenvalue weighted by atomic mass is 9.82. The number of hydrogen-bond donors (Lipinski definition) is 0. The zero-order chi connectivity index (χ0) is 15.1. The lowest BCUT2D eigenvalue weighted by molar-refractivity contribution is 0.0974. The molecule has 0 bridgehead atoms. The number of aryl methyl sites for hydroxylation is 1. The Morgan fingerprint density at radius 3 is 2.14 bits per heavy atom. The number of fused-ring (bicyclic) bond motifs is 2. The quantitative estimate of drug-likeness (QED) is 0.725. The van der Waals surface area contributed by atoms with Crippen LogP contribution >= 0.6 is 0 Å². The van der Waals surface area contributed by atoms with Crippen LogP contribution < -0.4 is 9.47 Å². The van der Waals surface area contributed by atoms with Crippen LogP contribution in [0.2, 0.25) is 0 Å². The minimum absolute atomic E-state index is 0.209. The van der Waals surface area contributed by atoms with E-state index in [9.17, 15) is 9.59 Å². The topological polar surface area (TPSA) is 52.6 Å². The van der Waals surface area contributed by atoms with Gasteiger partial charge in [-0.05, 0) is 24.6 Å². The first-order valence-electron chi connectivity index (χ1n) is 6.54. The predicted octanol–water partition coefficient (Wildman–Crippen LogP) is 2.79. The van der Waals surface area contributed by atoms with Crippen molar-refractivity contribution in [1.82, 2.24) is 0 Å². The van der Waals surface area contributed by atoms with E-state index in [0.29, 0.717) is 33.8 Å². The average Bonchev–Trinajstić information content (AvgIpc) is 2.51. The molecule has 2 aromatic carbocycles. The van der Waals surface area contributed by atoms with Gasteiger partial charge < -0.3 is 9.47 Å². The monoisotopic (exact) mass is 282 g/mol. The van der Waals surface area contributed by atoms with Crippen molar-refractivity contribution in [3.8, 4) is 11.5 Å². The molecule has 0 saturated heterocycles. The van der Waals surface area contributed by atoms with E-state index in [0.717, 1.165) is 5.56 Å². The molecule has 0 aliphatic heterocycles.